The average Bonchev–Trinajstić information content (AvgIpc) is 2.98. The number of aliphatic carboxylic acids is 1. The Morgan fingerprint density at radius 3 is 1.82 bits per heavy atom. The minimum atomic E-state index is -1.14. The molecule has 0 fully saturated rings. The minimum absolute atomic E-state index is 0.0160. The maximum Gasteiger partial charge on any atom is 0.306 e. The predicted molar refractivity (Wildman–Crippen MR) is 180 cm³/mol. The summed E-state index contributed by atoms with van der Waals surface area (Å²) in [6.45, 7) is 4.36. The second-order valence-corrected chi connectivity index (χ2v) is 12.1. The molecule has 0 saturated carbocycles. The zero-order valence-corrected chi connectivity index (χ0v) is 28.8. The van der Waals surface area contributed by atoms with Gasteiger partial charge in [0.15, 0.2) is 6.10 Å². The monoisotopic (exact) mass is 631 g/mol. The van der Waals surface area contributed by atoms with Gasteiger partial charge in [0.25, 0.3) is 0 Å². The number of carboxylic acid groups (broad SMARTS) is 1. The molecule has 256 valence electrons. The van der Waals surface area contributed by atoms with Crippen molar-refractivity contribution in [2.75, 3.05) is 41.0 Å². The van der Waals surface area contributed by atoms with E-state index in [1.807, 2.05) is 54.7 Å². The van der Waals surface area contributed by atoms with E-state index in [0.717, 1.165) is 32.1 Å². The van der Waals surface area contributed by atoms with Gasteiger partial charge in [-0.15, -0.1) is 0 Å². The molecular formula is C37H61NO7. The van der Waals surface area contributed by atoms with Crippen LogP contribution < -0.4 is 5.11 Å². The highest BCUT2D eigenvalue weighted by molar-refractivity contribution is 5.70. The van der Waals surface area contributed by atoms with Crippen LogP contribution in [0.4, 0.5) is 0 Å². The van der Waals surface area contributed by atoms with Crippen LogP contribution in [0.3, 0.4) is 0 Å². The summed E-state index contributed by atoms with van der Waals surface area (Å²) in [5.74, 6) is -1.85. The van der Waals surface area contributed by atoms with Crippen LogP contribution in [0, 0.1) is 0 Å². The Hall–Kier alpha value is -2.97. The molecule has 2 unspecified atom stereocenters. The van der Waals surface area contributed by atoms with Crippen molar-refractivity contribution in [2.24, 2.45) is 0 Å². The van der Waals surface area contributed by atoms with E-state index in [9.17, 15) is 19.5 Å². The fourth-order valence-corrected chi connectivity index (χ4v) is 4.39. The number of unbranched alkanes of at least 4 members (excludes halogenated alkanes) is 8. The quantitative estimate of drug-likeness (QED) is 0.0417. The van der Waals surface area contributed by atoms with E-state index in [1.165, 1.54) is 32.1 Å². The molecule has 0 aliphatic heterocycles. The minimum Gasteiger partial charge on any atom is -0.544 e. The second-order valence-electron chi connectivity index (χ2n) is 12.1. The SMILES string of the molecule is CC/C=C/C=C/C=C/C=C/C=C/CCCC(=O)OCC(COCCC(C(=O)[O-])[N+](C)(C)C)OC(=O)CCCCCCCCCC. The standard InChI is InChI=1S/C37H61NO7/c1-6-8-10-12-14-16-17-18-19-20-22-23-25-27-35(39)44-32-33(31-43-30-29-34(37(41)42)38(3,4)5)45-36(40)28-26-24-21-15-13-11-9-7-2/h8,10,12,14,16-20,22,33-34H,6-7,9,11,13,15,21,23-32H2,1-5H3/b10-8+,14-12+,17-16+,19-18+,22-20+. The van der Waals surface area contributed by atoms with E-state index in [-0.39, 0.29) is 49.1 Å². The number of hydrogen-bond acceptors (Lipinski definition) is 7. The third-order valence-corrected chi connectivity index (χ3v) is 7.05. The van der Waals surface area contributed by atoms with E-state index in [2.05, 4.69) is 19.9 Å². The molecule has 0 aromatic rings. The molecule has 45 heavy (non-hydrogen) atoms. The number of ether oxygens (including phenoxy) is 3. The lowest BCUT2D eigenvalue weighted by Gasteiger charge is -2.34. The van der Waals surface area contributed by atoms with Crippen molar-refractivity contribution in [2.45, 2.75) is 116 Å². The third-order valence-electron chi connectivity index (χ3n) is 7.05. The van der Waals surface area contributed by atoms with Crippen LogP contribution in [0.5, 0.6) is 0 Å². The molecule has 8 heteroatoms. The molecule has 0 rings (SSSR count). The number of likely N-dealkylation sites (N-methyl/N-ethyl adjacent to an activating group) is 1. The predicted octanol–water partition coefficient (Wildman–Crippen LogP) is 6.56. The number of carbonyl (C=O) groups excluding carboxylic acids is 3. The Bertz CT molecular complexity index is 928. The lowest BCUT2D eigenvalue weighted by atomic mass is 10.1. The van der Waals surface area contributed by atoms with Gasteiger partial charge in [-0.3, -0.25) is 9.59 Å². The van der Waals surface area contributed by atoms with Crippen LogP contribution in [0.2, 0.25) is 0 Å². The molecule has 0 saturated heterocycles. The molecular weight excluding hydrogens is 570 g/mol. The first-order valence-corrected chi connectivity index (χ1v) is 16.9. The molecule has 0 N–H and O–H groups in total. The summed E-state index contributed by atoms with van der Waals surface area (Å²) in [4.78, 5) is 36.4. The van der Waals surface area contributed by atoms with Gasteiger partial charge in [-0.25, -0.2) is 0 Å². The van der Waals surface area contributed by atoms with Crippen molar-refractivity contribution in [3.63, 3.8) is 0 Å². The fourth-order valence-electron chi connectivity index (χ4n) is 4.39. The molecule has 0 aliphatic rings. The van der Waals surface area contributed by atoms with Gasteiger partial charge < -0.3 is 28.6 Å². The molecule has 0 amide bonds. The summed E-state index contributed by atoms with van der Waals surface area (Å²) < 4.78 is 16.9. The zero-order valence-electron chi connectivity index (χ0n) is 28.8. The maximum absolute atomic E-state index is 12.5. The molecule has 0 aromatic carbocycles. The van der Waals surface area contributed by atoms with E-state index in [4.69, 9.17) is 14.2 Å². The van der Waals surface area contributed by atoms with Crippen LogP contribution in [-0.2, 0) is 28.6 Å². The fraction of sp³-hybridized carbons (Fsp3) is 0.649. The van der Waals surface area contributed by atoms with Crippen LogP contribution in [-0.4, -0.2) is 75.5 Å². The number of rotatable bonds is 28. The molecule has 8 nitrogen and oxygen atoms in total. The topological polar surface area (TPSA) is 102 Å². The summed E-state index contributed by atoms with van der Waals surface area (Å²) in [7, 11) is 5.35. The van der Waals surface area contributed by atoms with Gasteiger partial charge in [0.2, 0.25) is 0 Å². The van der Waals surface area contributed by atoms with E-state index < -0.39 is 18.1 Å². The Morgan fingerprint density at radius 2 is 1.24 bits per heavy atom. The highest BCUT2D eigenvalue weighted by Crippen LogP contribution is 2.12. The Morgan fingerprint density at radius 1 is 0.689 bits per heavy atom. The van der Waals surface area contributed by atoms with Crippen molar-refractivity contribution in [1.82, 2.24) is 0 Å². The van der Waals surface area contributed by atoms with Gasteiger partial charge in [-0.05, 0) is 25.7 Å². The normalized spacial score (nSPS) is 13.9. The largest absolute Gasteiger partial charge is 0.544 e. The van der Waals surface area contributed by atoms with Gasteiger partial charge in [0.1, 0.15) is 12.6 Å². The average molecular weight is 632 g/mol. The van der Waals surface area contributed by atoms with Gasteiger partial charge in [0.05, 0.1) is 40.3 Å². The highest BCUT2D eigenvalue weighted by Gasteiger charge is 2.25. The van der Waals surface area contributed by atoms with Crippen molar-refractivity contribution >= 4 is 17.9 Å². The second kappa shape index (κ2) is 28.5. The smallest absolute Gasteiger partial charge is 0.306 e. The van der Waals surface area contributed by atoms with Crippen molar-refractivity contribution < 1.29 is 38.2 Å². The third kappa shape index (κ3) is 27.1. The first-order chi connectivity index (χ1) is 21.6. The number of quaternary nitrogens is 1. The number of carbonyl (C=O) groups is 3. The van der Waals surface area contributed by atoms with Crippen LogP contribution in [0.25, 0.3) is 0 Å². The number of allylic oxidation sites excluding steroid dienone is 10. The van der Waals surface area contributed by atoms with Crippen molar-refractivity contribution in [3.8, 4) is 0 Å². The summed E-state index contributed by atoms with van der Waals surface area (Å²) >= 11 is 0. The molecule has 0 aliphatic carbocycles. The molecule has 0 spiro atoms. The van der Waals surface area contributed by atoms with Gasteiger partial charge in [-0.1, -0.05) is 120 Å². The molecule has 2 atom stereocenters. The lowest BCUT2D eigenvalue weighted by molar-refractivity contribution is -0.889. The molecule has 0 bridgehead atoms. The van der Waals surface area contributed by atoms with Gasteiger partial charge in [0, 0.05) is 19.3 Å². The summed E-state index contributed by atoms with van der Waals surface area (Å²) in [5, 5.41) is 11.5. The maximum atomic E-state index is 12.5. The molecule has 0 aromatic heterocycles. The molecule has 0 radical (unpaired) electrons. The summed E-state index contributed by atoms with van der Waals surface area (Å²) in [6, 6.07) is -0.734. The molecule has 0 heterocycles. The summed E-state index contributed by atoms with van der Waals surface area (Å²) in [5.41, 5.74) is 0. The van der Waals surface area contributed by atoms with Crippen molar-refractivity contribution in [1.29, 1.82) is 0 Å². The zero-order chi connectivity index (χ0) is 33.6. The Balaban J connectivity index is 4.62. The highest BCUT2D eigenvalue weighted by atomic mass is 16.6. The van der Waals surface area contributed by atoms with E-state index >= 15 is 0 Å². The van der Waals surface area contributed by atoms with Crippen LogP contribution in [0.1, 0.15) is 104 Å². The number of esters is 2. The van der Waals surface area contributed by atoms with E-state index in [1.54, 1.807) is 21.1 Å². The lowest BCUT2D eigenvalue weighted by Crippen LogP contribution is -2.55. The van der Waals surface area contributed by atoms with Crippen LogP contribution in [0.15, 0.2) is 60.8 Å². The van der Waals surface area contributed by atoms with Crippen LogP contribution >= 0.6 is 0 Å². The van der Waals surface area contributed by atoms with Crippen molar-refractivity contribution in [3.05, 3.63) is 60.8 Å². The first-order valence-electron chi connectivity index (χ1n) is 16.9. The first kappa shape index (κ1) is 42.0. The summed E-state index contributed by atoms with van der Waals surface area (Å²) in [6.07, 6.45) is 31.2. The Kier molecular flexibility index (Phi) is 26.6. The number of carboxylic acids is 1. The van der Waals surface area contributed by atoms with Gasteiger partial charge in [-0.2, -0.15) is 0 Å². The van der Waals surface area contributed by atoms with Gasteiger partial charge >= 0.3 is 11.9 Å². The number of hydrogen-bond donors (Lipinski definition) is 0. The van der Waals surface area contributed by atoms with E-state index in [0.29, 0.717) is 12.8 Å². The number of nitrogens with zero attached hydrogens (tertiary/aromatic N) is 1. The Labute approximate surface area is 273 Å².